The van der Waals surface area contributed by atoms with Gasteiger partial charge >= 0.3 is 0 Å². The van der Waals surface area contributed by atoms with Gasteiger partial charge in [0.2, 0.25) is 10.9 Å². The molecule has 2 N–H and O–H groups in total. The average Bonchev–Trinajstić information content (AvgIpc) is 3.46. The molecule has 1 unspecified atom stereocenters. The number of benzene rings is 1. The lowest BCUT2D eigenvalue weighted by atomic mass is 9.95. The van der Waals surface area contributed by atoms with Crippen LogP contribution in [0.25, 0.3) is 0 Å². The van der Waals surface area contributed by atoms with Gasteiger partial charge in [0.25, 0.3) is 5.91 Å². The number of carbonyl (C=O) groups excluding carboxylic acids is 2. The van der Waals surface area contributed by atoms with Crippen molar-refractivity contribution in [3.8, 4) is 11.5 Å². The van der Waals surface area contributed by atoms with E-state index in [1.807, 2.05) is 0 Å². The van der Waals surface area contributed by atoms with E-state index in [-0.39, 0.29) is 22.2 Å². The summed E-state index contributed by atoms with van der Waals surface area (Å²) in [5, 5.41) is 30.4. The van der Waals surface area contributed by atoms with Crippen molar-refractivity contribution in [2.24, 2.45) is 0 Å². The Morgan fingerprint density at radius 1 is 1.31 bits per heavy atom. The molecule has 1 atom stereocenters. The Labute approximate surface area is 180 Å². The molecule has 8 nitrogen and oxygen atoms in total. The molecule has 0 saturated carbocycles. The van der Waals surface area contributed by atoms with Gasteiger partial charge in [-0.15, -0.1) is 21.5 Å². The molecule has 1 aliphatic heterocycles. The van der Waals surface area contributed by atoms with Crippen molar-refractivity contribution in [3.63, 3.8) is 0 Å². The van der Waals surface area contributed by atoms with E-state index in [0.717, 1.165) is 11.3 Å². The predicted octanol–water partition coefficient (Wildman–Crippen LogP) is 3.86. The van der Waals surface area contributed by atoms with Gasteiger partial charge in [-0.3, -0.25) is 14.5 Å². The molecule has 1 aromatic carbocycles. The van der Waals surface area contributed by atoms with E-state index < -0.39 is 23.5 Å². The second-order valence-electron chi connectivity index (χ2n) is 5.92. The van der Waals surface area contributed by atoms with Crippen LogP contribution in [0.3, 0.4) is 0 Å². The number of aromatic nitrogens is 2. The smallest absolute Gasteiger partial charge is 0.296 e. The number of nitrogens with zero attached hydrogens (tertiary/aromatic N) is 3. The van der Waals surface area contributed by atoms with Crippen LogP contribution in [-0.2, 0) is 4.79 Å². The number of halogens is 1. The maximum atomic E-state index is 13.2. The Kier molecular flexibility index (Phi) is 5.11. The number of thiophene rings is 1. The summed E-state index contributed by atoms with van der Waals surface area (Å²) in [7, 11) is 1.39. The highest BCUT2D eigenvalue weighted by molar-refractivity contribution is 9.10. The number of phenolic OH excluding ortho intramolecular Hbond substituents is 1. The number of Topliss-reactive ketones (excluding diaryl/α,β-unsaturated/α-hetero) is 1. The number of aliphatic hydroxyl groups is 1. The summed E-state index contributed by atoms with van der Waals surface area (Å²) in [6, 6.07) is 5.42. The Hall–Kier alpha value is -2.76. The number of ether oxygens (including phenoxy) is 1. The fraction of sp³-hybridized carbons (Fsp3) is 0.111. The highest BCUT2D eigenvalue weighted by atomic mass is 79.9. The Morgan fingerprint density at radius 2 is 2.10 bits per heavy atom. The summed E-state index contributed by atoms with van der Waals surface area (Å²) < 4.78 is 5.51. The molecule has 1 aliphatic rings. The normalized spacial score (nSPS) is 16.6. The number of aliphatic hydroxyl groups excluding tert-OH is 1. The molecule has 2 aromatic heterocycles. The minimum Gasteiger partial charge on any atom is -0.503 e. The van der Waals surface area contributed by atoms with Crippen LogP contribution in [0.5, 0.6) is 11.5 Å². The Bertz CT molecular complexity index is 1130. The molecule has 0 fully saturated rings. The minimum atomic E-state index is -0.976. The van der Waals surface area contributed by atoms with E-state index in [4.69, 9.17) is 4.74 Å². The summed E-state index contributed by atoms with van der Waals surface area (Å²) in [4.78, 5) is 27.6. The van der Waals surface area contributed by atoms with Crippen LogP contribution in [0, 0.1) is 0 Å². The van der Waals surface area contributed by atoms with Crippen LogP contribution in [0.15, 0.2) is 51.0 Å². The van der Waals surface area contributed by atoms with Crippen LogP contribution in [0.4, 0.5) is 5.13 Å². The molecule has 1 amide bonds. The standard InChI is InChI=1S/C18H12BrN3O5S2/c1-27-10-6-8(5-9(19)14(10)23)13-12(15(24)11-3-2-4-28-11)16(25)17(26)22(13)18-21-20-7-29-18/h2-7,13,23,25H,1H3. The largest absolute Gasteiger partial charge is 0.503 e. The topological polar surface area (TPSA) is 113 Å². The predicted molar refractivity (Wildman–Crippen MR) is 111 cm³/mol. The van der Waals surface area contributed by atoms with Crippen LogP contribution >= 0.6 is 38.6 Å². The maximum absolute atomic E-state index is 13.2. The molecule has 0 aliphatic carbocycles. The second-order valence-corrected chi connectivity index (χ2v) is 8.53. The first kappa shape index (κ1) is 19.6. The van der Waals surface area contributed by atoms with Gasteiger partial charge in [-0.2, -0.15) is 0 Å². The lowest BCUT2D eigenvalue weighted by molar-refractivity contribution is -0.117. The first-order chi connectivity index (χ1) is 13.9. The van der Waals surface area contributed by atoms with E-state index in [1.54, 1.807) is 23.6 Å². The number of rotatable bonds is 5. The average molecular weight is 494 g/mol. The van der Waals surface area contributed by atoms with Gasteiger partial charge in [-0.25, -0.2) is 0 Å². The molecule has 3 heterocycles. The highest BCUT2D eigenvalue weighted by Crippen LogP contribution is 2.46. The van der Waals surface area contributed by atoms with Crippen molar-refractivity contribution >= 4 is 55.4 Å². The monoisotopic (exact) mass is 493 g/mol. The molecule has 4 rings (SSSR count). The molecule has 0 spiro atoms. The number of hydrogen-bond donors (Lipinski definition) is 2. The Morgan fingerprint density at radius 3 is 2.72 bits per heavy atom. The van der Waals surface area contributed by atoms with Gasteiger partial charge in [0.05, 0.1) is 28.1 Å². The van der Waals surface area contributed by atoms with Gasteiger partial charge in [-0.05, 0) is 45.1 Å². The van der Waals surface area contributed by atoms with Crippen molar-refractivity contribution < 1.29 is 24.5 Å². The minimum absolute atomic E-state index is 0.0766. The van der Waals surface area contributed by atoms with Crippen molar-refractivity contribution in [3.05, 3.63) is 61.4 Å². The number of phenols is 1. The molecule has 29 heavy (non-hydrogen) atoms. The lowest BCUT2D eigenvalue weighted by Gasteiger charge is -2.24. The zero-order valence-corrected chi connectivity index (χ0v) is 17.9. The molecular formula is C18H12BrN3O5S2. The quantitative estimate of drug-likeness (QED) is 0.518. The summed E-state index contributed by atoms with van der Waals surface area (Å²) >= 11 is 5.56. The van der Waals surface area contributed by atoms with Crippen molar-refractivity contribution in [1.82, 2.24) is 10.2 Å². The first-order valence-electron chi connectivity index (χ1n) is 8.11. The fourth-order valence-corrected chi connectivity index (χ4v) is 4.79. The molecule has 0 bridgehead atoms. The van der Waals surface area contributed by atoms with Crippen molar-refractivity contribution in [2.45, 2.75) is 6.04 Å². The molecule has 0 saturated heterocycles. The maximum Gasteiger partial charge on any atom is 0.296 e. The van der Waals surface area contributed by atoms with Crippen LogP contribution < -0.4 is 9.64 Å². The molecule has 3 aromatic rings. The van der Waals surface area contributed by atoms with Crippen molar-refractivity contribution in [1.29, 1.82) is 0 Å². The lowest BCUT2D eigenvalue weighted by Crippen LogP contribution is -2.31. The second kappa shape index (κ2) is 7.58. The zero-order chi connectivity index (χ0) is 20.7. The zero-order valence-electron chi connectivity index (χ0n) is 14.7. The van der Waals surface area contributed by atoms with Gasteiger partial charge in [0.1, 0.15) is 5.51 Å². The van der Waals surface area contributed by atoms with Gasteiger partial charge in [-0.1, -0.05) is 17.4 Å². The molecule has 148 valence electrons. The molecule has 0 radical (unpaired) electrons. The third-order valence-corrected chi connectivity index (χ3v) is 6.50. The van der Waals surface area contributed by atoms with E-state index in [2.05, 4.69) is 26.1 Å². The van der Waals surface area contributed by atoms with Crippen LogP contribution in [-0.4, -0.2) is 39.2 Å². The number of ketones is 1. The van der Waals surface area contributed by atoms with E-state index >= 15 is 0 Å². The van der Waals surface area contributed by atoms with Crippen LogP contribution in [0.1, 0.15) is 21.3 Å². The number of amides is 1. The van der Waals surface area contributed by atoms with Gasteiger partial charge in [0, 0.05) is 0 Å². The van der Waals surface area contributed by atoms with Crippen molar-refractivity contribution in [2.75, 3.05) is 12.0 Å². The highest BCUT2D eigenvalue weighted by Gasteiger charge is 2.46. The summed E-state index contributed by atoms with van der Waals surface area (Å²) in [5.74, 6) is -1.84. The summed E-state index contributed by atoms with van der Waals surface area (Å²) in [6.07, 6.45) is 0. The molecular weight excluding hydrogens is 482 g/mol. The van der Waals surface area contributed by atoms with Crippen LogP contribution in [0.2, 0.25) is 0 Å². The Balaban J connectivity index is 1.93. The first-order valence-corrected chi connectivity index (χ1v) is 10.7. The molecule has 11 heteroatoms. The van der Waals surface area contributed by atoms with E-state index in [0.29, 0.717) is 14.9 Å². The van der Waals surface area contributed by atoms with E-state index in [9.17, 15) is 19.8 Å². The number of anilines is 1. The third-order valence-electron chi connectivity index (χ3n) is 4.34. The SMILES string of the molecule is COc1cc(C2C(C(=O)c3cccs3)=C(O)C(=O)N2c2nncs2)cc(Br)c1O. The van der Waals surface area contributed by atoms with Gasteiger partial charge in [0.15, 0.2) is 17.3 Å². The third kappa shape index (κ3) is 3.20. The summed E-state index contributed by atoms with van der Waals surface area (Å²) in [6.45, 7) is 0. The number of methoxy groups -OCH3 is 1. The number of hydrogen-bond acceptors (Lipinski definition) is 9. The van der Waals surface area contributed by atoms with E-state index in [1.165, 1.54) is 34.9 Å². The van der Waals surface area contributed by atoms with Gasteiger partial charge < -0.3 is 14.9 Å². The summed E-state index contributed by atoms with van der Waals surface area (Å²) in [5.41, 5.74) is 1.81. The number of carbonyl (C=O) groups is 2. The number of aromatic hydroxyl groups is 1. The fourth-order valence-electron chi connectivity index (χ4n) is 3.07.